The Morgan fingerprint density at radius 3 is 2.57 bits per heavy atom. The highest BCUT2D eigenvalue weighted by Crippen LogP contribution is 2.29. The van der Waals surface area contributed by atoms with Gasteiger partial charge in [0.2, 0.25) is 0 Å². The molecule has 1 saturated heterocycles. The molecule has 0 spiro atoms. The monoisotopic (exact) mass is 326 g/mol. The molecule has 3 N–H and O–H groups in total. The lowest BCUT2D eigenvalue weighted by Gasteiger charge is -2.32. The molecule has 0 radical (unpaired) electrons. The molecule has 130 valence electrons. The topological polar surface area (TPSA) is 108 Å². The van der Waals surface area contributed by atoms with Gasteiger partial charge in [-0.3, -0.25) is 10.2 Å². The van der Waals surface area contributed by atoms with Crippen LogP contribution in [0.3, 0.4) is 0 Å². The standard InChI is InChI=1S/C12H16N4O3.C2H6.CH4O/c1-6-3-8-5-16(10-4-9(17)7(2)19-10)12(18)13-11(8)15-14-6;2*1-2/h3,7,9-10,17H,4-5H2,1-2H3,(H,13,15,18);1-2H3;2H,1H3. The number of aryl methyl sites for hydroxylation is 1. The summed E-state index contributed by atoms with van der Waals surface area (Å²) in [4.78, 5) is 13.6. The highest BCUT2D eigenvalue weighted by atomic mass is 16.5. The van der Waals surface area contributed by atoms with Crippen molar-refractivity contribution < 1.29 is 19.7 Å². The summed E-state index contributed by atoms with van der Waals surface area (Å²) < 4.78 is 5.61. The molecule has 23 heavy (non-hydrogen) atoms. The molecule has 2 amide bonds. The Bertz CT molecular complexity index is 516. The van der Waals surface area contributed by atoms with E-state index in [4.69, 9.17) is 9.84 Å². The van der Waals surface area contributed by atoms with Crippen molar-refractivity contribution >= 4 is 11.8 Å². The minimum absolute atomic E-state index is 0.253. The van der Waals surface area contributed by atoms with Crippen LogP contribution in [0.5, 0.6) is 0 Å². The highest BCUT2D eigenvalue weighted by Gasteiger charge is 2.38. The summed E-state index contributed by atoms with van der Waals surface area (Å²) in [5.41, 5.74) is 1.71. The lowest BCUT2D eigenvalue weighted by molar-refractivity contribution is -0.0386. The Hall–Kier alpha value is -1.77. The lowest BCUT2D eigenvalue weighted by Crippen LogP contribution is -2.45. The first-order chi connectivity index (χ1) is 11.0. The Balaban J connectivity index is 0.000000615. The summed E-state index contributed by atoms with van der Waals surface area (Å²) in [5.74, 6) is 0.499. The number of anilines is 1. The molecular weight excluding hydrogens is 300 g/mol. The van der Waals surface area contributed by atoms with Crippen molar-refractivity contribution in [1.29, 1.82) is 0 Å². The fraction of sp³-hybridized carbons (Fsp3) is 0.667. The Morgan fingerprint density at radius 2 is 2.00 bits per heavy atom. The maximum absolute atomic E-state index is 12.0. The summed E-state index contributed by atoms with van der Waals surface area (Å²) in [5, 5.41) is 27.3. The first-order valence-electron chi connectivity index (χ1n) is 7.73. The number of carbonyl (C=O) groups excluding carboxylic acids is 1. The number of carbonyl (C=O) groups is 1. The predicted octanol–water partition coefficient (Wildman–Crippen LogP) is 1.26. The molecule has 0 bridgehead atoms. The van der Waals surface area contributed by atoms with Gasteiger partial charge in [-0.25, -0.2) is 4.79 Å². The van der Waals surface area contributed by atoms with Crippen molar-refractivity contribution in [2.24, 2.45) is 0 Å². The molecule has 3 unspecified atom stereocenters. The van der Waals surface area contributed by atoms with Crippen LogP contribution in [-0.4, -0.2) is 56.9 Å². The minimum Gasteiger partial charge on any atom is -0.400 e. The molecule has 1 aromatic heterocycles. The van der Waals surface area contributed by atoms with Crippen LogP contribution in [-0.2, 0) is 11.3 Å². The summed E-state index contributed by atoms with van der Waals surface area (Å²) in [6.45, 7) is 8.07. The van der Waals surface area contributed by atoms with Gasteiger partial charge in [-0.1, -0.05) is 13.8 Å². The van der Waals surface area contributed by atoms with Crippen molar-refractivity contribution in [3.8, 4) is 0 Å². The quantitative estimate of drug-likeness (QED) is 0.717. The normalized spacial score (nSPS) is 25.4. The molecule has 0 aliphatic carbocycles. The zero-order chi connectivity index (χ0) is 17.6. The Labute approximate surface area is 136 Å². The molecular formula is C15H26N4O4. The van der Waals surface area contributed by atoms with Gasteiger partial charge in [0.05, 0.1) is 24.4 Å². The van der Waals surface area contributed by atoms with Gasteiger partial charge in [-0.05, 0) is 19.9 Å². The van der Waals surface area contributed by atoms with Crippen LogP contribution in [0.1, 0.15) is 38.4 Å². The molecule has 0 aromatic carbocycles. The fourth-order valence-corrected chi connectivity index (χ4v) is 2.42. The Kier molecular flexibility index (Phi) is 7.34. The van der Waals surface area contributed by atoms with Crippen LogP contribution in [0, 0.1) is 6.92 Å². The maximum atomic E-state index is 12.0. The largest absolute Gasteiger partial charge is 0.400 e. The van der Waals surface area contributed by atoms with Crippen LogP contribution in [0.25, 0.3) is 0 Å². The number of ether oxygens (including phenoxy) is 1. The number of nitrogens with one attached hydrogen (secondary N) is 1. The molecule has 8 heteroatoms. The van der Waals surface area contributed by atoms with Gasteiger partial charge in [0.1, 0.15) is 6.23 Å². The number of rotatable bonds is 1. The number of nitrogens with zero attached hydrogens (tertiary/aromatic N) is 3. The van der Waals surface area contributed by atoms with Crippen molar-refractivity contribution in [2.75, 3.05) is 12.4 Å². The van der Waals surface area contributed by atoms with Gasteiger partial charge in [-0.15, -0.1) is 5.10 Å². The van der Waals surface area contributed by atoms with Crippen LogP contribution in [0.4, 0.5) is 10.6 Å². The van der Waals surface area contributed by atoms with E-state index in [9.17, 15) is 9.90 Å². The number of hydrogen-bond acceptors (Lipinski definition) is 6. The van der Waals surface area contributed by atoms with E-state index in [-0.39, 0.29) is 12.1 Å². The van der Waals surface area contributed by atoms with Gasteiger partial charge < -0.3 is 14.9 Å². The second-order valence-electron chi connectivity index (χ2n) is 5.02. The molecule has 1 aromatic rings. The second kappa shape index (κ2) is 8.76. The average molecular weight is 326 g/mol. The number of aliphatic hydroxyl groups is 2. The smallest absolute Gasteiger partial charge is 0.325 e. The molecule has 3 heterocycles. The van der Waals surface area contributed by atoms with E-state index < -0.39 is 12.3 Å². The zero-order valence-corrected chi connectivity index (χ0v) is 14.3. The molecule has 1 fully saturated rings. The first-order valence-corrected chi connectivity index (χ1v) is 7.73. The first kappa shape index (κ1) is 19.3. The molecule has 8 nitrogen and oxygen atoms in total. The number of aliphatic hydroxyl groups excluding tert-OH is 2. The summed E-state index contributed by atoms with van der Waals surface area (Å²) >= 11 is 0. The predicted molar refractivity (Wildman–Crippen MR) is 85.8 cm³/mol. The number of aromatic nitrogens is 2. The van der Waals surface area contributed by atoms with Gasteiger partial charge in [-0.2, -0.15) is 5.10 Å². The molecule has 3 rings (SSSR count). The van der Waals surface area contributed by atoms with E-state index >= 15 is 0 Å². The number of urea groups is 1. The van der Waals surface area contributed by atoms with Gasteiger partial charge >= 0.3 is 6.03 Å². The van der Waals surface area contributed by atoms with E-state index in [2.05, 4.69) is 15.5 Å². The molecule has 0 saturated carbocycles. The van der Waals surface area contributed by atoms with Crippen LogP contribution in [0.15, 0.2) is 6.07 Å². The van der Waals surface area contributed by atoms with E-state index in [1.54, 1.807) is 11.8 Å². The van der Waals surface area contributed by atoms with Crippen LogP contribution in [0.2, 0.25) is 0 Å². The van der Waals surface area contributed by atoms with Gasteiger partial charge in [0, 0.05) is 19.1 Å². The molecule has 3 atom stereocenters. The lowest BCUT2D eigenvalue weighted by atomic mass is 10.1. The molecule has 2 aliphatic heterocycles. The van der Waals surface area contributed by atoms with E-state index in [0.29, 0.717) is 18.8 Å². The third kappa shape index (κ3) is 4.37. The second-order valence-corrected chi connectivity index (χ2v) is 5.02. The van der Waals surface area contributed by atoms with Crippen molar-refractivity contribution in [2.45, 2.75) is 59.1 Å². The van der Waals surface area contributed by atoms with Crippen LogP contribution >= 0.6 is 0 Å². The average Bonchev–Trinajstić information content (AvgIpc) is 2.90. The van der Waals surface area contributed by atoms with Crippen molar-refractivity contribution in [3.63, 3.8) is 0 Å². The summed E-state index contributed by atoms with van der Waals surface area (Å²) in [6, 6.07) is 1.63. The summed E-state index contributed by atoms with van der Waals surface area (Å²) in [7, 11) is 1.00. The molecule has 2 aliphatic rings. The third-order valence-corrected chi connectivity index (χ3v) is 3.53. The van der Waals surface area contributed by atoms with E-state index in [0.717, 1.165) is 18.4 Å². The van der Waals surface area contributed by atoms with Gasteiger partial charge in [0.15, 0.2) is 5.82 Å². The Morgan fingerprint density at radius 1 is 1.35 bits per heavy atom. The fourth-order valence-electron chi connectivity index (χ4n) is 2.42. The SMILES string of the molecule is CC.CO.Cc1cc2c(nn1)NC(=O)N(C1CC(O)C(C)O1)C2. The van der Waals surface area contributed by atoms with Gasteiger partial charge in [0.25, 0.3) is 0 Å². The van der Waals surface area contributed by atoms with Crippen molar-refractivity contribution in [3.05, 3.63) is 17.3 Å². The van der Waals surface area contributed by atoms with Crippen LogP contribution < -0.4 is 5.32 Å². The minimum atomic E-state index is -0.531. The van der Waals surface area contributed by atoms with Crippen molar-refractivity contribution in [1.82, 2.24) is 15.1 Å². The number of amides is 2. The number of hydrogen-bond donors (Lipinski definition) is 3. The van der Waals surface area contributed by atoms with E-state index in [1.165, 1.54) is 0 Å². The summed E-state index contributed by atoms with van der Waals surface area (Å²) in [6.07, 6.45) is -0.749. The zero-order valence-electron chi connectivity index (χ0n) is 14.3. The third-order valence-electron chi connectivity index (χ3n) is 3.53. The highest BCUT2D eigenvalue weighted by molar-refractivity contribution is 5.91. The number of fused-ring (bicyclic) bond motifs is 1. The maximum Gasteiger partial charge on any atom is 0.325 e. The van der Waals surface area contributed by atoms with E-state index in [1.807, 2.05) is 26.8 Å².